The zero-order valence-electron chi connectivity index (χ0n) is 14.0. The number of hydrogen-bond acceptors (Lipinski definition) is 4. The van der Waals surface area contributed by atoms with E-state index in [2.05, 4.69) is 4.98 Å². The number of halogens is 1. The minimum absolute atomic E-state index is 0. The zero-order valence-corrected chi connectivity index (χ0v) is 15.6. The first-order valence-electron chi connectivity index (χ1n) is 8.00. The van der Waals surface area contributed by atoms with Gasteiger partial charge >= 0.3 is 0 Å². The summed E-state index contributed by atoms with van der Waals surface area (Å²) in [4.78, 5) is 4.66. The van der Waals surface area contributed by atoms with Crippen LogP contribution in [0, 0.1) is 12.8 Å². The van der Waals surface area contributed by atoms with Crippen molar-refractivity contribution in [2.45, 2.75) is 37.6 Å². The second-order valence-corrected chi connectivity index (χ2v) is 8.37. The van der Waals surface area contributed by atoms with Crippen LogP contribution in [0.3, 0.4) is 0 Å². The molecule has 1 aromatic heterocycles. The van der Waals surface area contributed by atoms with E-state index in [-0.39, 0.29) is 24.4 Å². The highest BCUT2D eigenvalue weighted by molar-refractivity contribution is 7.89. The van der Waals surface area contributed by atoms with Gasteiger partial charge in [0.1, 0.15) is 4.90 Å². The second kappa shape index (κ2) is 7.35. The van der Waals surface area contributed by atoms with E-state index in [0.717, 1.165) is 23.8 Å². The quantitative estimate of drug-likeness (QED) is 0.902. The summed E-state index contributed by atoms with van der Waals surface area (Å²) in [5.41, 5.74) is 7.54. The van der Waals surface area contributed by atoms with E-state index >= 15 is 0 Å². The van der Waals surface area contributed by atoms with Gasteiger partial charge in [0.05, 0.1) is 5.52 Å². The lowest BCUT2D eigenvalue weighted by molar-refractivity contribution is 0.243. The van der Waals surface area contributed by atoms with Crippen LogP contribution in [0.5, 0.6) is 0 Å². The van der Waals surface area contributed by atoms with Gasteiger partial charge in [0.15, 0.2) is 0 Å². The fourth-order valence-electron chi connectivity index (χ4n) is 3.21. The number of nitrogens with zero attached hydrogens (tertiary/aromatic N) is 2. The average molecular weight is 370 g/mol. The van der Waals surface area contributed by atoms with E-state index in [4.69, 9.17) is 5.73 Å². The largest absolute Gasteiger partial charge is 0.328 e. The van der Waals surface area contributed by atoms with Crippen LogP contribution >= 0.6 is 12.4 Å². The summed E-state index contributed by atoms with van der Waals surface area (Å²) in [6.07, 6.45) is 3.54. The Labute approximate surface area is 149 Å². The molecule has 2 unspecified atom stereocenters. The van der Waals surface area contributed by atoms with Crippen LogP contribution < -0.4 is 5.73 Å². The lowest BCUT2D eigenvalue weighted by Crippen LogP contribution is -2.45. The van der Waals surface area contributed by atoms with Crippen LogP contribution in [0.1, 0.15) is 25.3 Å². The number of fused-ring (bicyclic) bond motifs is 1. The van der Waals surface area contributed by atoms with Gasteiger partial charge in [0.25, 0.3) is 0 Å². The SMILES string of the molecule is Cc1cnc2c(S(=O)(=O)N3CCCC(C(C)N)C3)cccc2c1.Cl. The van der Waals surface area contributed by atoms with Crippen LogP contribution in [-0.2, 0) is 10.0 Å². The first-order chi connectivity index (χ1) is 10.9. The minimum atomic E-state index is -3.55. The maximum absolute atomic E-state index is 13.1. The summed E-state index contributed by atoms with van der Waals surface area (Å²) >= 11 is 0. The van der Waals surface area contributed by atoms with Crippen molar-refractivity contribution in [2.75, 3.05) is 13.1 Å². The molecule has 24 heavy (non-hydrogen) atoms. The zero-order chi connectivity index (χ0) is 16.6. The highest BCUT2D eigenvalue weighted by atomic mass is 35.5. The van der Waals surface area contributed by atoms with Crippen LogP contribution in [0.2, 0.25) is 0 Å². The summed E-state index contributed by atoms with van der Waals surface area (Å²) in [6.45, 7) is 4.94. The molecule has 0 saturated carbocycles. The van der Waals surface area contributed by atoms with Crippen molar-refractivity contribution in [1.29, 1.82) is 0 Å². The van der Waals surface area contributed by atoms with Gasteiger partial charge < -0.3 is 5.73 Å². The van der Waals surface area contributed by atoms with Crippen molar-refractivity contribution in [1.82, 2.24) is 9.29 Å². The smallest absolute Gasteiger partial charge is 0.245 e. The summed E-state index contributed by atoms with van der Waals surface area (Å²) in [5.74, 6) is 0.212. The summed E-state index contributed by atoms with van der Waals surface area (Å²) in [5, 5.41) is 0.854. The van der Waals surface area contributed by atoms with Gasteiger partial charge in [-0.25, -0.2) is 8.42 Å². The third-order valence-electron chi connectivity index (χ3n) is 4.59. The summed E-state index contributed by atoms with van der Waals surface area (Å²) < 4.78 is 27.8. The molecule has 5 nitrogen and oxygen atoms in total. The fourth-order valence-corrected chi connectivity index (χ4v) is 4.91. The van der Waals surface area contributed by atoms with Gasteiger partial charge in [-0.2, -0.15) is 4.31 Å². The molecule has 0 radical (unpaired) electrons. The average Bonchev–Trinajstić information content (AvgIpc) is 2.54. The molecular weight excluding hydrogens is 346 g/mol. The Morgan fingerprint density at radius 1 is 1.38 bits per heavy atom. The molecule has 1 fully saturated rings. The second-order valence-electron chi connectivity index (χ2n) is 6.47. The van der Waals surface area contributed by atoms with E-state index < -0.39 is 10.0 Å². The highest BCUT2D eigenvalue weighted by Gasteiger charge is 2.32. The van der Waals surface area contributed by atoms with Crippen molar-refractivity contribution < 1.29 is 8.42 Å². The molecule has 2 N–H and O–H groups in total. The van der Waals surface area contributed by atoms with Gasteiger partial charge in [-0.1, -0.05) is 12.1 Å². The molecule has 1 aliphatic rings. The topological polar surface area (TPSA) is 76.3 Å². The molecule has 2 aromatic rings. The van der Waals surface area contributed by atoms with Crippen LogP contribution in [0.4, 0.5) is 0 Å². The van der Waals surface area contributed by atoms with E-state index in [9.17, 15) is 8.42 Å². The van der Waals surface area contributed by atoms with Crippen LogP contribution in [-0.4, -0.2) is 36.8 Å². The number of sulfonamides is 1. The number of nitrogens with two attached hydrogens (primary N) is 1. The van der Waals surface area contributed by atoms with E-state index in [1.54, 1.807) is 22.6 Å². The van der Waals surface area contributed by atoms with Crippen molar-refractivity contribution in [2.24, 2.45) is 11.7 Å². The number of para-hydroxylation sites is 1. The van der Waals surface area contributed by atoms with Crippen molar-refractivity contribution >= 4 is 33.3 Å². The molecule has 1 aliphatic heterocycles. The molecule has 0 bridgehead atoms. The number of pyridine rings is 1. The van der Waals surface area contributed by atoms with Crippen molar-refractivity contribution in [3.8, 4) is 0 Å². The maximum atomic E-state index is 13.1. The lowest BCUT2D eigenvalue weighted by atomic mass is 9.93. The van der Waals surface area contributed by atoms with Gasteiger partial charge in [-0.3, -0.25) is 4.98 Å². The monoisotopic (exact) mass is 369 g/mol. The van der Waals surface area contributed by atoms with E-state index in [1.807, 2.05) is 26.0 Å². The first kappa shape index (κ1) is 19.1. The molecule has 7 heteroatoms. The number of aromatic nitrogens is 1. The van der Waals surface area contributed by atoms with Crippen molar-refractivity contribution in [3.05, 3.63) is 36.0 Å². The Bertz CT molecular complexity index is 824. The lowest BCUT2D eigenvalue weighted by Gasteiger charge is -2.33. The molecule has 1 aromatic carbocycles. The number of rotatable bonds is 3. The number of hydrogen-bond donors (Lipinski definition) is 1. The van der Waals surface area contributed by atoms with Gasteiger partial charge in [0.2, 0.25) is 10.0 Å². The Balaban J connectivity index is 0.00000208. The van der Waals surface area contributed by atoms with Crippen LogP contribution in [0.25, 0.3) is 10.9 Å². The number of aryl methyl sites for hydroxylation is 1. The molecule has 0 amide bonds. The Morgan fingerprint density at radius 3 is 2.83 bits per heavy atom. The van der Waals surface area contributed by atoms with Crippen molar-refractivity contribution in [3.63, 3.8) is 0 Å². The molecule has 0 aliphatic carbocycles. The molecule has 132 valence electrons. The normalized spacial score (nSPS) is 20.5. The molecule has 2 atom stereocenters. The molecule has 1 saturated heterocycles. The predicted molar refractivity (Wildman–Crippen MR) is 98.9 cm³/mol. The third kappa shape index (κ3) is 3.57. The van der Waals surface area contributed by atoms with E-state index in [0.29, 0.717) is 23.5 Å². The Hall–Kier alpha value is -1.21. The highest BCUT2D eigenvalue weighted by Crippen LogP contribution is 2.28. The Morgan fingerprint density at radius 2 is 2.12 bits per heavy atom. The third-order valence-corrected chi connectivity index (χ3v) is 6.49. The maximum Gasteiger partial charge on any atom is 0.245 e. The fraction of sp³-hybridized carbons (Fsp3) is 0.471. The number of piperidine rings is 1. The standard InChI is InChI=1S/C17H23N3O2S.ClH/c1-12-9-14-5-3-7-16(17(14)19-10-12)23(21,22)20-8-4-6-15(11-20)13(2)18;/h3,5,7,9-10,13,15H,4,6,8,11,18H2,1-2H3;1H. The van der Waals surface area contributed by atoms with Crippen LogP contribution in [0.15, 0.2) is 35.4 Å². The summed E-state index contributed by atoms with van der Waals surface area (Å²) in [7, 11) is -3.55. The first-order valence-corrected chi connectivity index (χ1v) is 9.44. The molecular formula is C17H24ClN3O2S. The van der Waals surface area contributed by atoms with E-state index in [1.165, 1.54) is 0 Å². The van der Waals surface area contributed by atoms with Gasteiger partial charge in [-0.15, -0.1) is 12.4 Å². The molecule has 0 spiro atoms. The molecule has 2 heterocycles. The van der Waals surface area contributed by atoms with Gasteiger partial charge in [0, 0.05) is 30.7 Å². The minimum Gasteiger partial charge on any atom is -0.328 e. The predicted octanol–water partition coefficient (Wildman–Crippen LogP) is 2.71. The Kier molecular flexibility index (Phi) is 5.86. The summed E-state index contributed by atoms with van der Waals surface area (Å²) in [6, 6.07) is 7.29. The molecule has 3 rings (SSSR count). The van der Waals surface area contributed by atoms with Gasteiger partial charge in [-0.05, 0) is 50.3 Å². The number of benzene rings is 1.